The van der Waals surface area contributed by atoms with Crippen LogP contribution >= 0.6 is 0 Å². The minimum absolute atomic E-state index is 0. The zero-order chi connectivity index (χ0) is 6.95. The molecule has 0 amide bonds. The molecule has 0 aromatic rings. The molecule has 0 aliphatic heterocycles. The van der Waals surface area contributed by atoms with E-state index in [4.69, 9.17) is 0 Å². The van der Waals surface area contributed by atoms with E-state index in [-0.39, 0.29) is 31.1 Å². The predicted octanol–water partition coefficient (Wildman–Crippen LogP) is 3.57. The molecular formula is C9H19U-. The van der Waals surface area contributed by atoms with Crippen molar-refractivity contribution in [2.24, 2.45) is 0 Å². The van der Waals surface area contributed by atoms with Crippen molar-refractivity contribution in [1.29, 1.82) is 0 Å². The molecule has 0 aromatic heterocycles. The summed E-state index contributed by atoms with van der Waals surface area (Å²) in [5.41, 5.74) is 0. The van der Waals surface area contributed by atoms with Gasteiger partial charge in [-0.25, -0.2) is 0 Å². The van der Waals surface area contributed by atoms with Gasteiger partial charge in [-0.1, -0.05) is 39.5 Å². The smallest absolute Gasteiger partial charge is 0 e. The summed E-state index contributed by atoms with van der Waals surface area (Å²) in [5, 5.41) is 0. The van der Waals surface area contributed by atoms with Crippen LogP contribution in [0, 0.1) is 37.5 Å². The van der Waals surface area contributed by atoms with Crippen LogP contribution in [-0.2, 0) is 0 Å². The average Bonchev–Trinajstić information content (AvgIpc) is 1.89. The zero-order valence-electron chi connectivity index (χ0n) is 7.32. The van der Waals surface area contributed by atoms with Crippen molar-refractivity contribution in [3.05, 3.63) is 6.42 Å². The summed E-state index contributed by atoms with van der Waals surface area (Å²) in [6, 6.07) is 0. The van der Waals surface area contributed by atoms with E-state index in [0.29, 0.717) is 0 Å². The number of unbranched alkanes of at least 4 members (excludes halogenated alkanes) is 6. The minimum atomic E-state index is 0. The van der Waals surface area contributed by atoms with Crippen LogP contribution in [0.5, 0.6) is 0 Å². The van der Waals surface area contributed by atoms with Crippen LogP contribution < -0.4 is 0 Å². The second kappa shape index (κ2) is 12.7. The van der Waals surface area contributed by atoms with Gasteiger partial charge in [0.2, 0.25) is 0 Å². The van der Waals surface area contributed by atoms with Crippen molar-refractivity contribution < 1.29 is 31.1 Å². The molecule has 0 heterocycles. The van der Waals surface area contributed by atoms with Crippen molar-refractivity contribution in [3.8, 4) is 0 Å². The van der Waals surface area contributed by atoms with Gasteiger partial charge in [0, 0.05) is 31.1 Å². The van der Waals surface area contributed by atoms with Crippen LogP contribution in [-0.4, -0.2) is 0 Å². The number of rotatable bonds is 6. The Labute approximate surface area is 89.5 Å². The van der Waals surface area contributed by atoms with Crippen LogP contribution in [0.3, 0.4) is 0 Å². The van der Waals surface area contributed by atoms with E-state index in [1.54, 1.807) is 0 Å². The third-order valence-electron chi connectivity index (χ3n) is 1.52. The van der Waals surface area contributed by atoms with Crippen LogP contribution in [0.2, 0.25) is 0 Å². The first-order valence-electron chi connectivity index (χ1n) is 4.23. The molecule has 0 fully saturated rings. The summed E-state index contributed by atoms with van der Waals surface area (Å²) in [5.74, 6) is 0. The Morgan fingerprint density at radius 2 is 1.30 bits per heavy atom. The second-order valence-electron chi connectivity index (χ2n) is 2.57. The van der Waals surface area contributed by atoms with Gasteiger partial charge >= 0.3 is 0 Å². The summed E-state index contributed by atoms with van der Waals surface area (Å²) < 4.78 is 0. The first kappa shape index (κ1) is 13.6. The van der Waals surface area contributed by atoms with E-state index in [2.05, 4.69) is 20.3 Å². The molecule has 1 heteroatoms. The molecule has 0 N–H and O–H groups in total. The molecule has 10 heavy (non-hydrogen) atoms. The molecule has 0 saturated carbocycles. The topological polar surface area (TPSA) is 0 Å². The first-order valence-corrected chi connectivity index (χ1v) is 4.23. The first-order chi connectivity index (χ1) is 4.41. The fourth-order valence-corrected chi connectivity index (χ4v) is 0.841. The van der Waals surface area contributed by atoms with Crippen molar-refractivity contribution in [2.45, 2.75) is 52.4 Å². The zero-order valence-corrected chi connectivity index (χ0v) is 11.5. The Hall–Kier alpha value is 1.05. The molecule has 0 unspecified atom stereocenters. The molecule has 0 radical (unpaired) electrons. The molecular weight excluding hydrogens is 346 g/mol. The Morgan fingerprint density at radius 3 is 1.60 bits per heavy atom. The molecule has 0 atom stereocenters. The summed E-state index contributed by atoms with van der Waals surface area (Å²) in [6.07, 6.45) is 10.5. The molecule has 0 nitrogen and oxygen atoms in total. The van der Waals surface area contributed by atoms with E-state index >= 15 is 0 Å². The van der Waals surface area contributed by atoms with Crippen LogP contribution in [0.25, 0.3) is 0 Å². The van der Waals surface area contributed by atoms with Gasteiger partial charge in [0.1, 0.15) is 0 Å². The van der Waals surface area contributed by atoms with Crippen molar-refractivity contribution in [2.75, 3.05) is 0 Å². The quantitative estimate of drug-likeness (QED) is 0.499. The molecule has 0 saturated heterocycles. The fraction of sp³-hybridized carbons (Fsp3) is 0.889. The predicted molar refractivity (Wildman–Crippen MR) is 43.4 cm³/mol. The van der Waals surface area contributed by atoms with Gasteiger partial charge in [0.25, 0.3) is 0 Å². The van der Waals surface area contributed by atoms with E-state index in [0.717, 1.165) is 0 Å². The molecule has 0 rings (SSSR count). The van der Waals surface area contributed by atoms with Gasteiger partial charge in [-0.2, -0.15) is 12.8 Å². The summed E-state index contributed by atoms with van der Waals surface area (Å²) in [6.45, 7) is 4.49. The van der Waals surface area contributed by atoms with Gasteiger partial charge in [-0.3, -0.25) is 0 Å². The Kier molecular flexibility index (Phi) is 17.3. The molecule has 0 aromatic carbocycles. The maximum atomic E-state index is 2.42. The van der Waals surface area contributed by atoms with E-state index < -0.39 is 0 Å². The van der Waals surface area contributed by atoms with Crippen LogP contribution in [0.4, 0.5) is 0 Å². The van der Waals surface area contributed by atoms with Crippen molar-refractivity contribution in [3.63, 3.8) is 0 Å². The molecule has 60 valence electrons. The van der Waals surface area contributed by atoms with Gasteiger partial charge in [-0.15, -0.1) is 0 Å². The maximum Gasteiger partial charge on any atom is 0 e. The molecule has 0 bridgehead atoms. The maximum absolute atomic E-state index is 2.42. The summed E-state index contributed by atoms with van der Waals surface area (Å²) in [4.78, 5) is 0. The Bertz CT molecular complexity index is 38.0. The third-order valence-corrected chi connectivity index (χ3v) is 1.52. The number of hydrogen-bond acceptors (Lipinski definition) is 0. The van der Waals surface area contributed by atoms with Crippen LogP contribution in [0.1, 0.15) is 52.4 Å². The average molecular weight is 365 g/mol. The third kappa shape index (κ3) is 11.8. The molecule has 0 spiro atoms. The van der Waals surface area contributed by atoms with Crippen molar-refractivity contribution in [1.82, 2.24) is 0 Å². The molecule has 0 aliphatic rings. The van der Waals surface area contributed by atoms with Crippen LogP contribution in [0.15, 0.2) is 0 Å². The monoisotopic (exact) mass is 365 g/mol. The van der Waals surface area contributed by atoms with E-state index in [1.807, 2.05) is 0 Å². The van der Waals surface area contributed by atoms with E-state index in [9.17, 15) is 0 Å². The number of hydrogen-bond donors (Lipinski definition) is 0. The normalized spacial score (nSPS) is 9.00. The summed E-state index contributed by atoms with van der Waals surface area (Å²) in [7, 11) is 0. The van der Waals surface area contributed by atoms with Crippen molar-refractivity contribution >= 4 is 0 Å². The fourth-order valence-electron chi connectivity index (χ4n) is 0.841. The Morgan fingerprint density at radius 1 is 0.900 bits per heavy atom. The SMILES string of the molecule is CCCC[CH-]CCCC.[U]. The summed E-state index contributed by atoms with van der Waals surface area (Å²) >= 11 is 0. The molecule has 0 aliphatic carbocycles. The largest absolute Gasteiger partial charge is 0.328 e. The Balaban J connectivity index is 0. The van der Waals surface area contributed by atoms with Gasteiger partial charge in [0.05, 0.1) is 0 Å². The standard InChI is InChI=1S/C9H19.U/c1-3-5-7-9-8-6-4-2;/h9H,3-8H2,1-2H3;/q-1;. The van der Waals surface area contributed by atoms with Gasteiger partial charge in [-0.05, 0) is 0 Å². The van der Waals surface area contributed by atoms with E-state index in [1.165, 1.54) is 38.5 Å². The second-order valence-corrected chi connectivity index (χ2v) is 2.57. The minimum Gasteiger partial charge on any atom is -0.328 e. The van der Waals surface area contributed by atoms with Gasteiger partial charge < -0.3 is 6.42 Å². The van der Waals surface area contributed by atoms with Gasteiger partial charge in [0.15, 0.2) is 0 Å².